The van der Waals surface area contributed by atoms with Gasteiger partial charge in [0.1, 0.15) is 6.61 Å². The number of nitrogens with zero attached hydrogens (tertiary/aromatic N) is 2. The Kier molecular flexibility index (Phi) is 4.14. The minimum atomic E-state index is -0.319. The lowest BCUT2D eigenvalue weighted by atomic mass is 10.2. The molecule has 2 heterocycles. The van der Waals surface area contributed by atoms with Crippen LogP contribution in [0.3, 0.4) is 0 Å². The van der Waals surface area contributed by atoms with Crippen LogP contribution in [-0.2, 0) is 14.3 Å². The fraction of sp³-hybridized carbons (Fsp3) is 0.429. The SMILES string of the molecule is O=C(S)N(C[C@H]1CO1)c1ccc(N2CCOCC2=O)cc1. The molecule has 112 valence electrons. The first-order valence-corrected chi connectivity index (χ1v) is 7.20. The van der Waals surface area contributed by atoms with E-state index >= 15 is 0 Å². The predicted octanol–water partition coefficient (Wildman–Crippen LogP) is 1.30. The maximum Gasteiger partial charge on any atom is 0.283 e. The van der Waals surface area contributed by atoms with Crippen LogP contribution in [0.15, 0.2) is 24.3 Å². The molecule has 2 saturated heterocycles. The van der Waals surface area contributed by atoms with Gasteiger partial charge in [0.05, 0.1) is 25.9 Å². The first-order chi connectivity index (χ1) is 10.1. The third-order valence-electron chi connectivity index (χ3n) is 3.48. The molecule has 6 nitrogen and oxygen atoms in total. The van der Waals surface area contributed by atoms with Crippen molar-refractivity contribution in [2.24, 2.45) is 0 Å². The molecular weight excluding hydrogens is 292 g/mol. The third kappa shape index (κ3) is 3.37. The topological polar surface area (TPSA) is 62.4 Å². The molecule has 0 bridgehead atoms. The highest BCUT2D eigenvalue weighted by Gasteiger charge is 2.28. The highest BCUT2D eigenvalue weighted by Crippen LogP contribution is 2.24. The van der Waals surface area contributed by atoms with Gasteiger partial charge in [-0.2, -0.15) is 0 Å². The summed E-state index contributed by atoms with van der Waals surface area (Å²) in [5, 5.41) is -0.319. The Balaban J connectivity index is 1.75. The monoisotopic (exact) mass is 308 g/mol. The fourth-order valence-electron chi connectivity index (χ4n) is 2.27. The van der Waals surface area contributed by atoms with E-state index in [1.54, 1.807) is 9.80 Å². The zero-order valence-electron chi connectivity index (χ0n) is 11.4. The Morgan fingerprint density at radius 1 is 1.38 bits per heavy atom. The van der Waals surface area contributed by atoms with Gasteiger partial charge in [-0.1, -0.05) is 12.6 Å². The van der Waals surface area contributed by atoms with E-state index in [0.717, 1.165) is 11.4 Å². The third-order valence-corrected chi connectivity index (χ3v) is 3.72. The molecule has 0 aliphatic carbocycles. The van der Waals surface area contributed by atoms with E-state index in [2.05, 4.69) is 12.6 Å². The van der Waals surface area contributed by atoms with Crippen LogP contribution in [-0.4, -0.2) is 50.2 Å². The van der Waals surface area contributed by atoms with Crippen LogP contribution in [0.25, 0.3) is 0 Å². The molecule has 2 amide bonds. The maximum atomic E-state index is 11.8. The van der Waals surface area contributed by atoms with Gasteiger partial charge in [-0.05, 0) is 24.3 Å². The molecule has 7 heteroatoms. The number of hydrogen-bond acceptors (Lipinski definition) is 4. The zero-order valence-corrected chi connectivity index (χ0v) is 12.3. The molecule has 0 spiro atoms. The van der Waals surface area contributed by atoms with Crippen molar-refractivity contribution in [3.05, 3.63) is 24.3 Å². The summed E-state index contributed by atoms with van der Waals surface area (Å²) in [6.45, 7) is 2.37. The Labute approximate surface area is 128 Å². The van der Waals surface area contributed by atoms with Gasteiger partial charge >= 0.3 is 0 Å². The Morgan fingerprint density at radius 3 is 2.67 bits per heavy atom. The molecule has 1 aromatic carbocycles. The van der Waals surface area contributed by atoms with E-state index < -0.39 is 0 Å². The molecule has 0 aromatic heterocycles. The number of ether oxygens (including phenoxy) is 2. The summed E-state index contributed by atoms with van der Waals surface area (Å²) in [6.07, 6.45) is 0.0987. The summed E-state index contributed by atoms with van der Waals surface area (Å²) in [4.78, 5) is 26.6. The number of benzene rings is 1. The number of anilines is 2. The lowest BCUT2D eigenvalue weighted by molar-refractivity contribution is -0.125. The second-order valence-corrected chi connectivity index (χ2v) is 5.35. The Morgan fingerprint density at radius 2 is 2.10 bits per heavy atom. The zero-order chi connectivity index (χ0) is 14.8. The van der Waals surface area contributed by atoms with Gasteiger partial charge in [-0.25, -0.2) is 0 Å². The lowest BCUT2D eigenvalue weighted by Gasteiger charge is -2.27. The van der Waals surface area contributed by atoms with Gasteiger partial charge in [0.2, 0.25) is 0 Å². The molecule has 2 aliphatic rings. The number of epoxide rings is 1. The molecule has 2 aliphatic heterocycles. The van der Waals surface area contributed by atoms with Gasteiger partial charge in [0, 0.05) is 17.9 Å². The number of morpholine rings is 1. The number of hydrogen-bond donors (Lipinski definition) is 1. The molecule has 1 atom stereocenters. The minimum Gasteiger partial charge on any atom is -0.371 e. The summed E-state index contributed by atoms with van der Waals surface area (Å²) >= 11 is 3.90. The standard InChI is InChI=1S/C14H16N2O4S/c17-13-9-19-6-5-15(13)10-1-3-11(4-2-10)16(14(18)21)7-12-8-20-12/h1-4,12H,5-9H2,(H,18,21)/t12-/m0/s1. The van der Waals surface area contributed by atoms with Gasteiger partial charge in [-0.3, -0.25) is 9.59 Å². The van der Waals surface area contributed by atoms with Crippen LogP contribution in [0.2, 0.25) is 0 Å². The molecule has 0 N–H and O–H groups in total. The second-order valence-electron chi connectivity index (χ2n) is 4.96. The first kappa shape index (κ1) is 14.4. The predicted molar refractivity (Wildman–Crippen MR) is 81.1 cm³/mol. The molecular formula is C14H16N2O4S. The summed E-state index contributed by atoms with van der Waals surface area (Å²) < 4.78 is 10.3. The van der Waals surface area contributed by atoms with Crippen molar-refractivity contribution in [2.45, 2.75) is 6.10 Å². The van der Waals surface area contributed by atoms with E-state index in [0.29, 0.717) is 26.3 Å². The van der Waals surface area contributed by atoms with Gasteiger partial charge in [0.15, 0.2) is 0 Å². The van der Waals surface area contributed by atoms with Gasteiger partial charge in [0.25, 0.3) is 11.1 Å². The van der Waals surface area contributed by atoms with E-state index in [9.17, 15) is 9.59 Å². The van der Waals surface area contributed by atoms with Crippen molar-refractivity contribution in [3.8, 4) is 0 Å². The Bertz CT molecular complexity index is 544. The van der Waals surface area contributed by atoms with Crippen LogP contribution < -0.4 is 9.80 Å². The quantitative estimate of drug-likeness (QED) is 0.673. The smallest absolute Gasteiger partial charge is 0.283 e. The normalized spacial score (nSPS) is 21.3. The molecule has 0 saturated carbocycles. The lowest BCUT2D eigenvalue weighted by Crippen LogP contribution is -2.41. The number of thiol groups is 1. The number of carbonyl (C=O) groups excluding carboxylic acids is 2. The van der Waals surface area contributed by atoms with Crippen molar-refractivity contribution in [3.63, 3.8) is 0 Å². The maximum absolute atomic E-state index is 11.8. The summed E-state index contributed by atoms with van der Waals surface area (Å²) in [5.41, 5.74) is 1.55. The van der Waals surface area contributed by atoms with Gasteiger partial charge < -0.3 is 19.3 Å². The van der Waals surface area contributed by atoms with Crippen LogP contribution >= 0.6 is 12.6 Å². The molecule has 3 rings (SSSR count). The fourth-order valence-corrected chi connectivity index (χ4v) is 2.47. The molecule has 2 fully saturated rings. The van der Waals surface area contributed by atoms with Crippen molar-refractivity contribution in [1.82, 2.24) is 0 Å². The van der Waals surface area contributed by atoms with Crippen LogP contribution in [0, 0.1) is 0 Å². The van der Waals surface area contributed by atoms with Crippen LogP contribution in [0.5, 0.6) is 0 Å². The van der Waals surface area contributed by atoms with Crippen LogP contribution in [0.1, 0.15) is 0 Å². The summed E-state index contributed by atoms with van der Waals surface area (Å²) in [5.74, 6) is -0.0532. The summed E-state index contributed by atoms with van der Waals surface area (Å²) in [7, 11) is 0. The number of amides is 2. The minimum absolute atomic E-state index is 0.0532. The summed E-state index contributed by atoms with van der Waals surface area (Å²) in [6, 6.07) is 7.29. The molecule has 21 heavy (non-hydrogen) atoms. The average molecular weight is 308 g/mol. The van der Waals surface area contributed by atoms with E-state index in [1.165, 1.54) is 0 Å². The van der Waals surface area contributed by atoms with Crippen molar-refractivity contribution in [2.75, 3.05) is 42.7 Å². The van der Waals surface area contributed by atoms with Crippen molar-refractivity contribution in [1.29, 1.82) is 0 Å². The average Bonchev–Trinajstić information content (AvgIpc) is 3.29. The van der Waals surface area contributed by atoms with Gasteiger partial charge in [-0.15, -0.1) is 0 Å². The van der Waals surface area contributed by atoms with E-state index in [1.807, 2.05) is 24.3 Å². The number of carbonyl (C=O) groups is 2. The largest absolute Gasteiger partial charge is 0.371 e. The first-order valence-electron chi connectivity index (χ1n) is 6.75. The second kappa shape index (κ2) is 6.05. The van der Waals surface area contributed by atoms with Crippen molar-refractivity contribution < 1.29 is 19.1 Å². The van der Waals surface area contributed by atoms with E-state index in [-0.39, 0.29) is 23.9 Å². The number of rotatable bonds is 4. The highest BCUT2D eigenvalue weighted by atomic mass is 32.1. The van der Waals surface area contributed by atoms with Crippen molar-refractivity contribution >= 4 is 35.1 Å². The molecule has 0 unspecified atom stereocenters. The highest BCUT2D eigenvalue weighted by molar-refractivity contribution is 7.96. The molecule has 1 aromatic rings. The molecule has 0 radical (unpaired) electrons. The Hall–Kier alpha value is -1.57. The van der Waals surface area contributed by atoms with E-state index in [4.69, 9.17) is 9.47 Å². The van der Waals surface area contributed by atoms with Crippen LogP contribution in [0.4, 0.5) is 16.2 Å².